The maximum Gasteiger partial charge on any atom is 0.247 e. The second kappa shape index (κ2) is 11.5. The second-order valence-electron chi connectivity index (χ2n) is 10.6. The second-order valence-corrected chi connectivity index (χ2v) is 12.2. The standard InChI is InChI=1S/C27H43N3O4S/c1-7-10-11-16-29(15-9-3)26(34)23-27-13-12-20(35-27)21(24(32)28(6)14-8-2)22(27)25(33)30(23)19(17-31)18(4)5/h8-9,18-23,31H,2-3,7,10-17H2,1,4-6H3/t19-,20-,21+,22-,23?,27?/m0/s1. The predicted octanol–water partition coefficient (Wildman–Crippen LogP) is 2.94. The molecular formula is C27H43N3O4S. The lowest BCUT2D eigenvalue weighted by Gasteiger charge is -2.40. The summed E-state index contributed by atoms with van der Waals surface area (Å²) in [5.74, 6) is -1.30. The van der Waals surface area contributed by atoms with Gasteiger partial charge >= 0.3 is 0 Å². The Kier molecular flexibility index (Phi) is 9.13. The summed E-state index contributed by atoms with van der Waals surface area (Å²) >= 11 is 1.68. The number of rotatable bonds is 13. The minimum atomic E-state index is -0.682. The fourth-order valence-corrected chi connectivity index (χ4v) is 8.53. The Labute approximate surface area is 215 Å². The van der Waals surface area contributed by atoms with Gasteiger partial charge in [-0.3, -0.25) is 14.4 Å². The number of unbranched alkanes of at least 4 members (excludes halogenated alkanes) is 2. The van der Waals surface area contributed by atoms with Crippen molar-refractivity contribution in [2.24, 2.45) is 17.8 Å². The Morgan fingerprint density at radius 3 is 2.49 bits per heavy atom. The number of carbonyl (C=O) groups excluding carboxylic acids is 3. The van der Waals surface area contributed by atoms with Crippen molar-refractivity contribution in [1.29, 1.82) is 0 Å². The quantitative estimate of drug-likeness (QED) is 0.308. The number of hydrogen-bond acceptors (Lipinski definition) is 5. The maximum atomic E-state index is 14.2. The average molecular weight is 506 g/mol. The lowest BCUT2D eigenvalue weighted by atomic mass is 9.70. The fourth-order valence-electron chi connectivity index (χ4n) is 6.34. The van der Waals surface area contributed by atoms with Crippen LogP contribution in [0.25, 0.3) is 0 Å². The summed E-state index contributed by atoms with van der Waals surface area (Å²) in [4.78, 5) is 47.0. The highest BCUT2D eigenvalue weighted by atomic mass is 32.2. The Morgan fingerprint density at radius 1 is 1.23 bits per heavy atom. The van der Waals surface area contributed by atoms with Gasteiger partial charge in [-0.05, 0) is 25.2 Å². The lowest BCUT2D eigenvalue weighted by molar-refractivity contribution is -0.147. The molecule has 2 bridgehead atoms. The van der Waals surface area contributed by atoms with Gasteiger partial charge in [-0.25, -0.2) is 0 Å². The van der Waals surface area contributed by atoms with E-state index in [0.717, 1.165) is 32.1 Å². The third-order valence-electron chi connectivity index (χ3n) is 8.04. The number of nitrogens with zero attached hydrogens (tertiary/aromatic N) is 3. The van der Waals surface area contributed by atoms with Crippen LogP contribution in [-0.4, -0.2) is 92.9 Å². The Morgan fingerprint density at radius 2 is 1.91 bits per heavy atom. The highest BCUT2D eigenvalue weighted by Gasteiger charge is 2.74. The van der Waals surface area contributed by atoms with E-state index in [2.05, 4.69) is 20.1 Å². The van der Waals surface area contributed by atoms with E-state index in [9.17, 15) is 19.5 Å². The summed E-state index contributed by atoms with van der Waals surface area (Å²) in [5, 5.41) is 10.4. The Bertz CT molecular complexity index is 833. The van der Waals surface area contributed by atoms with E-state index < -0.39 is 28.7 Å². The lowest BCUT2D eigenvalue weighted by Crippen LogP contribution is -2.58. The molecule has 3 aliphatic rings. The van der Waals surface area contributed by atoms with Crippen molar-refractivity contribution >= 4 is 29.5 Å². The van der Waals surface area contributed by atoms with E-state index >= 15 is 0 Å². The molecule has 0 saturated carbocycles. The number of aliphatic hydroxyl groups excluding tert-OH is 1. The van der Waals surface area contributed by atoms with Crippen LogP contribution in [0.1, 0.15) is 52.9 Å². The summed E-state index contributed by atoms with van der Waals surface area (Å²) in [5.41, 5.74) is 0. The monoisotopic (exact) mass is 505 g/mol. The molecule has 1 N–H and O–H groups in total. The van der Waals surface area contributed by atoms with Crippen LogP contribution in [0.15, 0.2) is 25.3 Å². The molecule has 0 aromatic rings. The zero-order chi connectivity index (χ0) is 25.9. The molecule has 3 amide bonds. The average Bonchev–Trinajstić information content (AvgIpc) is 3.46. The molecule has 3 fully saturated rings. The largest absolute Gasteiger partial charge is 0.394 e. The zero-order valence-electron chi connectivity index (χ0n) is 21.8. The molecule has 196 valence electrons. The summed E-state index contributed by atoms with van der Waals surface area (Å²) in [6, 6.07) is -1.16. The van der Waals surface area contributed by atoms with Crippen molar-refractivity contribution in [3.63, 3.8) is 0 Å². The van der Waals surface area contributed by atoms with Crippen LogP contribution in [0.2, 0.25) is 0 Å². The molecule has 8 heteroatoms. The summed E-state index contributed by atoms with van der Waals surface area (Å²) in [6.45, 7) is 14.9. The first kappa shape index (κ1) is 27.8. The van der Waals surface area contributed by atoms with Gasteiger partial charge in [0.1, 0.15) is 6.04 Å². The predicted molar refractivity (Wildman–Crippen MR) is 141 cm³/mol. The van der Waals surface area contributed by atoms with Gasteiger partial charge in [0.05, 0.1) is 29.2 Å². The van der Waals surface area contributed by atoms with E-state index in [1.807, 2.05) is 18.7 Å². The Balaban J connectivity index is 2.05. The number of fused-ring (bicyclic) bond motifs is 1. The third-order valence-corrected chi connectivity index (χ3v) is 9.99. The number of likely N-dealkylation sites (N-methyl/N-ethyl adjacent to an activating group) is 1. The van der Waals surface area contributed by atoms with E-state index in [1.165, 1.54) is 0 Å². The van der Waals surface area contributed by atoms with Gasteiger partial charge in [0.25, 0.3) is 0 Å². The molecule has 0 aromatic carbocycles. The first-order valence-electron chi connectivity index (χ1n) is 13.1. The van der Waals surface area contributed by atoms with E-state index in [0.29, 0.717) is 19.6 Å². The van der Waals surface area contributed by atoms with E-state index in [4.69, 9.17) is 0 Å². The van der Waals surface area contributed by atoms with Gasteiger partial charge in [0, 0.05) is 31.9 Å². The van der Waals surface area contributed by atoms with Crippen molar-refractivity contribution < 1.29 is 19.5 Å². The van der Waals surface area contributed by atoms with Gasteiger partial charge in [0.15, 0.2) is 0 Å². The van der Waals surface area contributed by atoms with E-state index in [-0.39, 0.29) is 35.5 Å². The number of likely N-dealkylation sites (tertiary alicyclic amines) is 1. The molecule has 7 nitrogen and oxygen atoms in total. The summed E-state index contributed by atoms with van der Waals surface area (Å²) < 4.78 is -0.638. The van der Waals surface area contributed by atoms with Crippen molar-refractivity contribution in [2.75, 3.05) is 33.3 Å². The zero-order valence-corrected chi connectivity index (χ0v) is 22.6. The Hall–Kier alpha value is -1.80. The minimum absolute atomic E-state index is 0.0257. The number of carbonyl (C=O) groups is 3. The molecule has 0 radical (unpaired) electrons. The van der Waals surface area contributed by atoms with Crippen molar-refractivity contribution in [2.45, 2.75) is 75.0 Å². The van der Waals surface area contributed by atoms with Crippen LogP contribution >= 0.6 is 11.8 Å². The number of aliphatic hydroxyl groups is 1. The van der Waals surface area contributed by atoms with E-state index in [1.54, 1.807) is 40.8 Å². The van der Waals surface area contributed by atoms with Crippen molar-refractivity contribution in [3.8, 4) is 0 Å². The van der Waals surface area contributed by atoms with Crippen LogP contribution < -0.4 is 0 Å². The smallest absolute Gasteiger partial charge is 0.247 e. The molecule has 0 aliphatic carbocycles. The number of amides is 3. The molecular weight excluding hydrogens is 462 g/mol. The van der Waals surface area contributed by atoms with Crippen LogP contribution in [0.4, 0.5) is 0 Å². The van der Waals surface area contributed by atoms with Gasteiger partial charge in [-0.15, -0.1) is 24.9 Å². The van der Waals surface area contributed by atoms with Crippen LogP contribution in [0.5, 0.6) is 0 Å². The molecule has 3 aliphatic heterocycles. The molecule has 3 saturated heterocycles. The molecule has 3 rings (SSSR count). The van der Waals surface area contributed by atoms with Crippen LogP contribution in [0, 0.1) is 17.8 Å². The van der Waals surface area contributed by atoms with Crippen LogP contribution in [-0.2, 0) is 14.4 Å². The molecule has 6 atom stereocenters. The third kappa shape index (κ3) is 4.80. The fraction of sp³-hybridized carbons (Fsp3) is 0.741. The molecule has 1 spiro atoms. The first-order valence-corrected chi connectivity index (χ1v) is 13.9. The molecule has 2 unspecified atom stereocenters. The van der Waals surface area contributed by atoms with Crippen molar-refractivity contribution in [1.82, 2.24) is 14.7 Å². The topological polar surface area (TPSA) is 81.2 Å². The highest BCUT2D eigenvalue weighted by molar-refractivity contribution is 8.02. The number of thioether (sulfide) groups is 1. The normalized spacial score (nSPS) is 29.9. The molecule has 35 heavy (non-hydrogen) atoms. The first-order chi connectivity index (χ1) is 16.7. The summed E-state index contributed by atoms with van der Waals surface area (Å²) in [7, 11) is 1.75. The SMILES string of the molecule is C=CCN(C)C(=O)[C@@H]1[C@@H]2CCC3(S2)C(C(=O)N(CC=C)CCCCC)N([C@@H](CO)C(C)C)C(=O)[C@H]13. The number of hydrogen-bond donors (Lipinski definition) is 1. The van der Waals surface area contributed by atoms with Crippen LogP contribution in [0.3, 0.4) is 0 Å². The maximum absolute atomic E-state index is 14.2. The van der Waals surface area contributed by atoms with Gasteiger partial charge in [0.2, 0.25) is 17.7 Å². The van der Waals surface area contributed by atoms with Crippen molar-refractivity contribution in [3.05, 3.63) is 25.3 Å². The minimum Gasteiger partial charge on any atom is -0.394 e. The van der Waals surface area contributed by atoms with Gasteiger partial charge in [-0.1, -0.05) is 45.8 Å². The van der Waals surface area contributed by atoms with Gasteiger partial charge in [-0.2, -0.15) is 0 Å². The highest BCUT2D eigenvalue weighted by Crippen LogP contribution is 2.67. The summed E-state index contributed by atoms with van der Waals surface area (Å²) in [6.07, 6.45) is 7.94. The van der Waals surface area contributed by atoms with Gasteiger partial charge < -0.3 is 19.8 Å². The molecule has 3 heterocycles. The molecule has 0 aromatic heterocycles.